The predicted octanol–water partition coefficient (Wildman–Crippen LogP) is 3.54. The number of aromatic nitrogens is 3. The summed E-state index contributed by atoms with van der Waals surface area (Å²) in [6, 6.07) is 11.3. The van der Waals surface area contributed by atoms with Crippen molar-refractivity contribution in [1.82, 2.24) is 20.1 Å². The summed E-state index contributed by atoms with van der Waals surface area (Å²) in [7, 11) is 1.53. The average molecular weight is 452 g/mol. The van der Waals surface area contributed by atoms with Gasteiger partial charge < -0.3 is 10.5 Å². The fourth-order valence-electron chi connectivity index (χ4n) is 2.54. The number of halogens is 2. The van der Waals surface area contributed by atoms with Crippen molar-refractivity contribution in [1.29, 1.82) is 0 Å². The lowest BCUT2D eigenvalue weighted by atomic mass is 10.2. The topological polar surface area (TPSA) is 112 Å². The van der Waals surface area contributed by atoms with Crippen LogP contribution in [0.2, 0.25) is 10.0 Å². The Morgan fingerprint density at radius 3 is 2.62 bits per heavy atom. The summed E-state index contributed by atoms with van der Waals surface area (Å²) in [6.45, 7) is 0. The van der Waals surface area contributed by atoms with Gasteiger partial charge in [0.15, 0.2) is 11.0 Å². The van der Waals surface area contributed by atoms with E-state index in [1.54, 1.807) is 41.0 Å². The second kappa shape index (κ2) is 9.17. The van der Waals surface area contributed by atoms with Crippen LogP contribution in [0.1, 0.15) is 0 Å². The molecule has 0 bridgehead atoms. The number of methoxy groups -OCH3 is 1. The zero-order valence-corrected chi connectivity index (χ0v) is 17.4. The molecule has 3 rings (SSSR count). The quantitative estimate of drug-likeness (QED) is 0.554. The fraction of sp³-hybridized carbons (Fsp3) is 0.111. The molecule has 0 aliphatic carbocycles. The van der Waals surface area contributed by atoms with E-state index in [1.165, 1.54) is 7.11 Å². The van der Waals surface area contributed by atoms with E-state index in [9.17, 15) is 9.59 Å². The van der Waals surface area contributed by atoms with Crippen LogP contribution >= 0.6 is 35.0 Å². The van der Waals surface area contributed by atoms with Crippen molar-refractivity contribution in [2.24, 2.45) is 5.73 Å². The van der Waals surface area contributed by atoms with Crippen LogP contribution in [0.4, 0.5) is 4.79 Å². The lowest BCUT2D eigenvalue weighted by Crippen LogP contribution is -2.36. The van der Waals surface area contributed by atoms with Gasteiger partial charge >= 0.3 is 6.03 Å². The van der Waals surface area contributed by atoms with Crippen LogP contribution in [0.3, 0.4) is 0 Å². The monoisotopic (exact) mass is 451 g/mol. The van der Waals surface area contributed by atoms with Gasteiger partial charge in [0.1, 0.15) is 5.75 Å². The third kappa shape index (κ3) is 5.00. The molecule has 0 fully saturated rings. The highest BCUT2D eigenvalue weighted by molar-refractivity contribution is 7.99. The van der Waals surface area contributed by atoms with Crippen LogP contribution < -0.4 is 15.8 Å². The molecule has 0 spiro atoms. The van der Waals surface area contributed by atoms with Crippen molar-refractivity contribution in [3.63, 3.8) is 0 Å². The fourth-order valence-corrected chi connectivity index (χ4v) is 3.64. The van der Waals surface area contributed by atoms with Crippen LogP contribution in [0.25, 0.3) is 17.1 Å². The summed E-state index contributed by atoms with van der Waals surface area (Å²) in [5, 5.41) is 11.9. The molecule has 0 unspecified atom stereocenters. The minimum atomic E-state index is -0.923. The normalized spacial score (nSPS) is 10.6. The van der Waals surface area contributed by atoms with Gasteiger partial charge in [-0.2, -0.15) is 0 Å². The van der Waals surface area contributed by atoms with Crippen LogP contribution in [0, 0.1) is 0 Å². The summed E-state index contributed by atoms with van der Waals surface area (Å²) >= 11 is 13.4. The largest absolute Gasteiger partial charge is 0.495 e. The Morgan fingerprint density at radius 1 is 1.17 bits per heavy atom. The molecule has 0 aliphatic rings. The van der Waals surface area contributed by atoms with Gasteiger partial charge in [0, 0.05) is 15.6 Å². The maximum absolute atomic E-state index is 11.8. The summed E-state index contributed by atoms with van der Waals surface area (Å²) in [6.07, 6.45) is 0. The van der Waals surface area contributed by atoms with E-state index in [-0.39, 0.29) is 5.75 Å². The molecule has 1 heterocycles. The number of hydrogen-bond acceptors (Lipinski definition) is 6. The van der Waals surface area contributed by atoms with Crippen molar-refractivity contribution in [3.8, 4) is 22.8 Å². The molecule has 3 amide bonds. The highest BCUT2D eigenvalue weighted by atomic mass is 35.5. The molecule has 3 N–H and O–H groups in total. The summed E-state index contributed by atoms with van der Waals surface area (Å²) in [4.78, 5) is 22.7. The zero-order valence-electron chi connectivity index (χ0n) is 15.1. The third-order valence-corrected chi connectivity index (χ3v) is 5.09. The van der Waals surface area contributed by atoms with Crippen LogP contribution in [0.5, 0.6) is 5.75 Å². The van der Waals surface area contributed by atoms with E-state index in [0.717, 1.165) is 11.8 Å². The average Bonchev–Trinajstić information content (AvgIpc) is 3.09. The number of carbonyl (C=O) groups is 2. The van der Waals surface area contributed by atoms with Gasteiger partial charge in [-0.15, -0.1) is 10.2 Å². The van der Waals surface area contributed by atoms with Crippen molar-refractivity contribution in [2.75, 3.05) is 12.9 Å². The summed E-state index contributed by atoms with van der Waals surface area (Å²) < 4.78 is 7.17. The molecular weight excluding hydrogens is 437 g/mol. The molecule has 3 aromatic rings. The molecule has 0 atom stereocenters. The maximum atomic E-state index is 11.8. The van der Waals surface area contributed by atoms with Gasteiger partial charge in [0.2, 0.25) is 5.91 Å². The van der Waals surface area contributed by atoms with Gasteiger partial charge in [-0.25, -0.2) is 4.79 Å². The van der Waals surface area contributed by atoms with Crippen molar-refractivity contribution in [2.45, 2.75) is 5.16 Å². The Balaban J connectivity index is 2.10. The van der Waals surface area contributed by atoms with Gasteiger partial charge in [-0.05, 0) is 30.3 Å². The first kappa shape index (κ1) is 21.0. The second-order valence-corrected chi connectivity index (χ2v) is 7.48. The first-order valence-electron chi connectivity index (χ1n) is 8.16. The number of nitrogens with two attached hydrogens (primary N) is 1. The lowest BCUT2D eigenvalue weighted by molar-refractivity contribution is -0.117. The van der Waals surface area contributed by atoms with E-state index in [0.29, 0.717) is 38.0 Å². The number of rotatable bonds is 6. The van der Waals surface area contributed by atoms with Crippen LogP contribution in [-0.4, -0.2) is 39.6 Å². The number of carbonyl (C=O) groups excluding carboxylic acids is 2. The van der Waals surface area contributed by atoms with Crippen LogP contribution in [-0.2, 0) is 4.79 Å². The number of thioether (sulfide) groups is 1. The highest BCUT2D eigenvalue weighted by Crippen LogP contribution is 2.34. The van der Waals surface area contributed by atoms with E-state index in [4.69, 9.17) is 33.7 Å². The molecule has 0 aliphatic heterocycles. The molecule has 11 heteroatoms. The molecule has 0 radical (unpaired) electrons. The Kier molecular flexibility index (Phi) is 6.63. The first-order valence-corrected chi connectivity index (χ1v) is 9.90. The molecule has 1 aromatic heterocycles. The van der Waals surface area contributed by atoms with Gasteiger partial charge in [0.05, 0.1) is 18.6 Å². The Labute approximate surface area is 180 Å². The van der Waals surface area contributed by atoms with E-state index >= 15 is 0 Å². The smallest absolute Gasteiger partial charge is 0.318 e. The second-order valence-electron chi connectivity index (χ2n) is 5.67. The zero-order chi connectivity index (χ0) is 21.0. The third-order valence-electron chi connectivity index (χ3n) is 3.69. The predicted molar refractivity (Wildman–Crippen MR) is 112 cm³/mol. The van der Waals surface area contributed by atoms with Gasteiger partial charge in [0.25, 0.3) is 0 Å². The molecule has 0 saturated heterocycles. The molecule has 8 nitrogen and oxygen atoms in total. The number of amides is 3. The molecule has 150 valence electrons. The minimum Gasteiger partial charge on any atom is -0.495 e. The Bertz CT molecular complexity index is 1070. The van der Waals surface area contributed by atoms with Crippen molar-refractivity contribution < 1.29 is 14.3 Å². The number of ether oxygens (including phenoxy) is 1. The number of urea groups is 1. The number of nitrogens with zero attached hydrogens (tertiary/aromatic N) is 3. The van der Waals surface area contributed by atoms with Crippen LogP contribution in [0.15, 0.2) is 47.6 Å². The molecule has 29 heavy (non-hydrogen) atoms. The van der Waals surface area contributed by atoms with Crippen molar-refractivity contribution in [3.05, 3.63) is 52.5 Å². The number of primary amides is 1. The van der Waals surface area contributed by atoms with Crippen molar-refractivity contribution >= 4 is 46.9 Å². The highest BCUT2D eigenvalue weighted by Gasteiger charge is 2.20. The van der Waals surface area contributed by atoms with Gasteiger partial charge in [-0.3, -0.25) is 14.7 Å². The number of hydrogen-bond donors (Lipinski definition) is 2. The minimum absolute atomic E-state index is 0.0977. The number of imide groups is 1. The maximum Gasteiger partial charge on any atom is 0.318 e. The van der Waals surface area contributed by atoms with E-state index in [1.807, 2.05) is 11.4 Å². The number of nitrogens with one attached hydrogen (secondary N) is 1. The van der Waals surface area contributed by atoms with E-state index < -0.39 is 11.9 Å². The summed E-state index contributed by atoms with van der Waals surface area (Å²) in [5.74, 6) is 0.352. The Hall–Kier alpha value is -2.75. The van der Waals surface area contributed by atoms with Gasteiger partial charge in [-0.1, -0.05) is 47.1 Å². The standard InChI is InChI=1S/C18H15Cl2N5O3S/c1-28-14-6-5-12(20)8-13(14)25-16(10-3-2-4-11(19)7-10)23-24-18(25)29-9-15(26)22-17(21)27/h2-8H,9H2,1H3,(H3,21,22,26,27). The first-order chi connectivity index (χ1) is 13.9. The molecular formula is C18H15Cl2N5O3S. The Morgan fingerprint density at radius 2 is 1.93 bits per heavy atom. The molecule has 2 aromatic carbocycles. The van der Waals surface area contributed by atoms with E-state index in [2.05, 4.69) is 10.2 Å². The summed E-state index contributed by atoms with van der Waals surface area (Å²) in [5.41, 5.74) is 6.27. The lowest BCUT2D eigenvalue weighted by Gasteiger charge is -2.14. The number of benzene rings is 2. The molecule has 0 saturated carbocycles. The SMILES string of the molecule is COc1ccc(Cl)cc1-n1c(SCC(=O)NC(N)=O)nnc1-c1cccc(Cl)c1.